The Morgan fingerprint density at radius 2 is 2.22 bits per heavy atom. The van der Waals surface area contributed by atoms with Crippen LogP contribution in [0.4, 0.5) is 0 Å². The SMILES string of the molecule is COc1cccc(-n2ccc(C#N)c2C(=O)O)c1. The van der Waals surface area contributed by atoms with E-state index in [0.717, 1.165) is 0 Å². The molecule has 5 heteroatoms. The van der Waals surface area contributed by atoms with Crippen LogP contribution >= 0.6 is 0 Å². The van der Waals surface area contributed by atoms with Crippen molar-refractivity contribution in [3.05, 3.63) is 47.8 Å². The molecule has 1 aromatic carbocycles. The second-order valence-corrected chi connectivity index (χ2v) is 3.57. The van der Waals surface area contributed by atoms with Gasteiger partial charge in [0.15, 0.2) is 0 Å². The van der Waals surface area contributed by atoms with Gasteiger partial charge >= 0.3 is 5.97 Å². The molecule has 1 heterocycles. The highest BCUT2D eigenvalue weighted by Gasteiger charge is 2.17. The van der Waals surface area contributed by atoms with Crippen LogP contribution in [-0.4, -0.2) is 22.8 Å². The highest BCUT2D eigenvalue weighted by atomic mass is 16.5. The van der Waals surface area contributed by atoms with Crippen molar-refractivity contribution in [3.63, 3.8) is 0 Å². The zero-order valence-electron chi connectivity index (χ0n) is 9.62. The fourth-order valence-electron chi connectivity index (χ4n) is 1.72. The van der Waals surface area contributed by atoms with Gasteiger partial charge in [-0.1, -0.05) is 6.07 Å². The number of methoxy groups -OCH3 is 1. The van der Waals surface area contributed by atoms with E-state index in [1.54, 1.807) is 30.5 Å². The number of rotatable bonds is 3. The van der Waals surface area contributed by atoms with Crippen LogP contribution in [0.25, 0.3) is 5.69 Å². The number of hydrogen-bond acceptors (Lipinski definition) is 3. The lowest BCUT2D eigenvalue weighted by Gasteiger charge is -2.08. The van der Waals surface area contributed by atoms with Gasteiger partial charge in [0.25, 0.3) is 0 Å². The van der Waals surface area contributed by atoms with Gasteiger partial charge in [0.1, 0.15) is 17.5 Å². The van der Waals surface area contributed by atoms with Gasteiger partial charge in [0.2, 0.25) is 0 Å². The van der Waals surface area contributed by atoms with Crippen LogP contribution < -0.4 is 4.74 Å². The Morgan fingerprint density at radius 1 is 1.44 bits per heavy atom. The molecule has 0 atom stereocenters. The maximum atomic E-state index is 11.2. The first-order valence-corrected chi connectivity index (χ1v) is 5.16. The minimum Gasteiger partial charge on any atom is -0.497 e. The molecule has 0 amide bonds. The lowest BCUT2D eigenvalue weighted by Crippen LogP contribution is -2.07. The monoisotopic (exact) mass is 242 g/mol. The van der Waals surface area contributed by atoms with Gasteiger partial charge in [-0.2, -0.15) is 5.26 Å². The normalized spacial score (nSPS) is 9.78. The molecule has 0 saturated carbocycles. The van der Waals surface area contributed by atoms with E-state index in [4.69, 9.17) is 15.1 Å². The van der Waals surface area contributed by atoms with Crippen molar-refractivity contribution in [2.24, 2.45) is 0 Å². The van der Waals surface area contributed by atoms with Crippen LogP contribution in [0.3, 0.4) is 0 Å². The van der Waals surface area contributed by atoms with Crippen molar-refractivity contribution in [2.75, 3.05) is 7.11 Å². The number of ether oxygens (including phenoxy) is 1. The molecule has 0 bridgehead atoms. The summed E-state index contributed by atoms with van der Waals surface area (Å²) in [5, 5.41) is 18.0. The molecule has 90 valence electrons. The highest BCUT2D eigenvalue weighted by Crippen LogP contribution is 2.20. The third-order valence-corrected chi connectivity index (χ3v) is 2.54. The predicted molar refractivity (Wildman–Crippen MR) is 64.0 cm³/mol. The maximum absolute atomic E-state index is 11.2. The zero-order valence-corrected chi connectivity index (χ0v) is 9.62. The molecule has 0 radical (unpaired) electrons. The number of hydrogen-bond donors (Lipinski definition) is 1. The van der Waals surface area contributed by atoms with Crippen LogP contribution in [0.15, 0.2) is 36.5 Å². The summed E-state index contributed by atoms with van der Waals surface area (Å²) >= 11 is 0. The third-order valence-electron chi connectivity index (χ3n) is 2.54. The minimum atomic E-state index is -1.14. The fourth-order valence-corrected chi connectivity index (χ4v) is 1.72. The predicted octanol–water partition coefficient (Wildman–Crippen LogP) is 2.06. The molecule has 0 aliphatic carbocycles. The molecular formula is C13H10N2O3. The molecule has 0 fully saturated rings. The summed E-state index contributed by atoms with van der Waals surface area (Å²) in [4.78, 5) is 11.2. The molecule has 1 aromatic heterocycles. The zero-order chi connectivity index (χ0) is 13.1. The minimum absolute atomic E-state index is 0.0502. The largest absolute Gasteiger partial charge is 0.497 e. The summed E-state index contributed by atoms with van der Waals surface area (Å²) in [5.41, 5.74) is 0.712. The third kappa shape index (κ3) is 1.92. The van der Waals surface area contributed by atoms with E-state index in [2.05, 4.69) is 0 Å². The second kappa shape index (κ2) is 4.63. The molecule has 0 aliphatic heterocycles. The van der Waals surface area contributed by atoms with E-state index in [1.807, 2.05) is 6.07 Å². The summed E-state index contributed by atoms with van der Waals surface area (Å²) in [6.45, 7) is 0. The number of aromatic carboxylic acids is 1. The van der Waals surface area contributed by atoms with Crippen LogP contribution in [0.2, 0.25) is 0 Å². The van der Waals surface area contributed by atoms with Crippen molar-refractivity contribution in [3.8, 4) is 17.5 Å². The first kappa shape index (κ1) is 11.7. The number of nitrogens with zero attached hydrogens (tertiary/aromatic N) is 2. The molecular weight excluding hydrogens is 232 g/mol. The number of carboxylic acid groups (broad SMARTS) is 1. The second-order valence-electron chi connectivity index (χ2n) is 3.57. The maximum Gasteiger partial charge on any atom is 0.354 e. The van der Waals surface area contributed by atoms with Gasteiger partial charge in [0, 0.05) is 18.0 Å². The molecule has 1 N–H and O–H groups in total. The van der Waals surface area contributed by atoms with Crippen molar-refractivity contribution in [2.45, 2.75) is 0 Å². The molecule has 0 saturated heterocycles. The van der Waals surface area contributed by atoms with E-state index >= 15 is 0 Å². The van der Waals surface area contributed by atoms with Gasteiger partial charge in [-0.25, -0.2) is 4.79 Å². The Kier molecular flexibility index (Phi) is 3.02. The first-order valence-electron chi connectivity index (χ1n) is 5.16. The topological polar surface area (TPSA) is 75.2 Å². The quantitative estimate of drug-likeness (QED) is 0.893. The van der Waals surface area contributed by atoms with Gasteiger partial charge in [-0.3, -0.25) is 0 Å². The fraction of sp³-hybridized carbons (Fsp3) is 0.0769. The van der Waals surface area contributed by atoms with E-state index in [0.29, 0.717) is 11.4 Å². The number of benzene rings is 1. The van der Waals surface area contributed by atoms with Crippen molar-refractivity contribution in [1.29, 1.82) is 5.26 Å². The Hall–Kier alpha value is -2.74. The molecule has 0 unspecified atom stereocenters. The number of carboxylic acids is 1. The van der Waals surface area contributed by atoms with Gasteiger partial charge in [-0.05, 0) is 18.2 Å². The molecule has 18 heavy (non-hydrogen) atoms. The van der Waals surface area contributed by atoms with Crippen molar-refractivity contribution in [1.82, 2.24) is 4.57 Å². The Morgan fingerprint density at radius 3 is 2.83 bits per heavy atom. The van der Waals surface area contributed by atoms with Crippen molar-refractivity contribution >= 4 is 5.97 Å². The van der Waals surface area contributed by atoms with Gasteiger partial charge < -0.3 is 14.4 Å². The van der Waals surface area contributed by atoms with Gasteiger partial charge in [-0.15, -0.1) is 0 Å². The standard InChI is InChI=1S/C13H10N2O3/c1-18-11-4-2-3-10(7-11)15-6-5-9(8-14)12(15)13(16)17/h2-7H,1H3,(H,16,17). The molecule has 0 aliphatic rings. The van der Waals surface area contributed by atoms with E-state index < -0.39 is 5.97 Å². The Balaban J connectivity index is 2.61. The number of carbonyl (C=O) groups is 1. The van der Waals surface area contributed by atoms with E-state index in [1.165, 1.54) is 17.7 Å². The Bertz CT molecular complexity index is 638. The highest BCUT2D eigenvalue weighted by molar-refractivity contribution is 5.89. The molecule has 0 spiro atoms. The van der Waals surface area contributed by atoms with E-state index in [9.17, 15) is 4.79 Å². The smallest absolute Gasteiger partial charge is 0.354 e. The summed E-state index contributed by atoms with van der Waals surface area (Å²) in [6, 6.07) is 10.3. The Labute approximate surface area is 103 Å². The molecule has 2 aromatic rings. The van der Waals surface area contributed by atoms with Crippen LogP contribution in [0.1, 0.15) is 16.1 Å². The average molecular weight is 242 g/mol. The first-order chi connectivity index (χ1) is 8.67. The van der Waals surface area contributed by atoms with Crippen LogP contribution in [0, 0.1) is 11.3 Å². The average Bonchev–Trinajstić information content (AvgIpc) is 2.82. The number of nitriles is 1. The lowest BCUT2D eigenvalue weighted by molar-refractivity contribution is 0.0688. The van der Waals surface area contributed by atoms with Crippen LogP contribution in [-0.2, 0) is 0 Å². The van der Waals surface area contributed by atoms with Gasteiger partial charge in [0.05, 0.1) is 12.7 Å². The van der Waals surface area contributed by atoms with Crippen molar-refractivity contribution < 1.29 is 14.6 Å². The van der Waals surface area contributed by atoms with Crippen LogP contribution in [0.5, 0.6) is 5.75 Å². The van der Waals surface area contributed by atoms with E-state index in [-0.39, 0.29) is 11.3 Å². The number of aromatic nitrogens is 1. The summed E-state index contributed by atoms with van der Waals surface area (Å²) in [7, 11) is 1.54. The summed E-state index contributed by atoms with van der Waals surface area (Å²) in [5.74, 6) is -0.518. The molecule has 5 nitrogen and oxygen atoms in total. The summed E-state index contributed by atoms with van der Waals surface area (Å²) in [6.07, 6.45) is 1.55. The summed E-state index contributed by atoms with van der Waals surface area (Å²) < 4.78 is 6.53. The molecule has 2 rings (SSSR count). The lowest BCUT2D eigenvalue weighted by atomic mass is 10.2.